The number of carbonyl (C=O) groups excluding carboxylic acids is 1. The second kappa shape index (κ2) is 5.99. The van der Waals surface area contributed by atoms with E-state index in [2.05, 4.69) is 31.4 Å². The average molecular weight is 343 g/mol. The van der Waals surface area contributed by atoms with Crippen LogP contribution in [-0.4, -0.2) is 23.2 Å². The largest absolute Gasteiger partial charge is 0.497 e. The van der Waals surface area contributed by atoms with Crippen LogP contribution < -0.4 is 10.1 Å². The van der Waals surface area contributed by atoms with Crippen LogP contribution >= 0.6 is 27.5 Å². The van der Waals surface area contributed by atoms with Gasteiger partial charge in [-0.2, -0.15) is 0 Å². The maximum absolute atomic E-state index is 12.0. The zero-order chi connectivity index (χ0) is 13.8. The summed E-state index contributed by atoms with van der Waals surface area (Å²) in [6.07, 6.45) is 0. The molecule has 1 aromatic heterocycles. The van der Waals surface area contributed by atoms with Gasteiger partial charge in [0.25, 0.3) is 5.91 Å². The highest BCUT2D eigenvalue weighted by atomic mass is 79.9. The maximum Gasteiger partial charge on any atom is 0.276 e. The van der Waals surface area contributed by atoms with Crippen LogP contribution in [0.25, 0.3) is 0 Å². The Hall–Kier alpha value is -1.66. The second-order valence-corrected chi connectivity index (χ2v) is 4.78. The van der Waals surface area contributed by atoms with E-state index in [1.807, 2.05) is 0 Å². The molecule has 0 aliphatic heterocycles. The molecule has 0 saturated heterocycles. The summed E-state index contributed by atoms with van der Waals surface area (Å²) in [5.74, 6) is 0.263. The van der Waals surface area contributed by atoms with Crippen molar-refractivity contribution in [2.75, 3.05) is 12.4 Å². The summed E-state index contributed by atoms with van der Waals surface area (Å²) >= 11 is 8.96. The predicted octanol–water partition coefficient (Wildman–Crippen LogP) is 3.15. The Balaban J connectivity index is 2.21. The number of halogens is 2. The van der Waals surface area contributed by atoms with Gasteiger partial charge in [-0.25, -0.2) is 0 Å². The number of hydrogen-bond donors (Lipinski definition) is 1. The minimum absolute atomic E-state index is 0.180. The van der Waals surface area contributed by atoms with E-state index in [4.69, 9.17) is 16.3 Å². The first-order valence-electron chi connectivity index (χ1n) is 5.24. The van der Waals surface area contributed by atoms with Crippen LogP contribution in [0.3, 0.4) is 0 Å². The molecule has 98 valence electrons. The lowest BCUT2D eigenvalue weighted by atomic mass is 10.3. The summed E-state index contributed by atoms with van der Waals surface area (Å²) in [4.78, 5) is 12.0. The van der Waals surface area contributed by atoms with Crippen molar-refractivity contribution < 1.29 is 9.53 Å². The fourth-order valence-corrected chi connectivity index (χ4v) is 1.80. The molecule has 0 fully saturated rings. The first-order valence-corrected chi connectivity index (χ1v) is 6.41. The van der Waals surface area contributed by atoms with Gasteiger partial charge in [0.15, 0.2) is 10.8 Å². The molecular weight excluding hydrogens is 334 g/mol. The molecular formula is C12H9BrClN3O2. The highest BCUT2D eigenvalue weighted by molar-refractivity contribution is 9.10. The number of amides is 1. The smallest absolute Gasteiger partial charge is 0.276 e. The molecule has 7 heteroatoms. The van der Waals surface area contributed by atoms with Crippen molar-refractivity contribution >= 4 is 39.1 Å². The van der Waals surface area contributed by atoms with Crippen molar-refractivity contribution in [2.24, 2.45) is 0 Å². The van der Waals surface area contributed by atoms with Crippen molar-refractivity contribution in [1.29, 1.82) is 0 Å². The molecule has 2 rings (SSSR count). The molecule has 1 aromatic carbocycles. The Morgan fingerprint density at radius 3 is 2.74 bits per heavy atom. The SMILES string of the molecule is COc1ccc(Br)c(NC(=O)c2ccc(Cl)nn2)c1. The molecule has 0 saturated carbocycles. The molecule has 1 N–H and O–H groups in total. The number of benzene rings is 1. The number of ether oxygens (including phenoxy) is 1. The highest BCUT2D eigenvalue weighted by Crippen LogP contribution is 2.27. The molecule has 0 atom stereocenters. The third-order valence-corrected chi connectivity index (χ3v) is 3.18. The van der Waals surface area contributed by atoms with Gasteiger partial charge in [-0.1, -0.05) is 11.6 Å². The van der Waals surface area contributed by atoms with Gasteiger partial charge in [0.05, 0.1) is 12.8 Å². The highest BCUT2D eigenvalue weighted by Gasteiger charge is 2.11. The van der Waals surface area contributed by atoms with Crippen molar-refractivity contribution in [3.05, 3.63) is 45.7 Å². The summed E-state index contributed by atoms with van der Waals surface area (Å²) < 4.78 is 5.83. The van der Waals surface area contributed by atoms with Gasteiger partial charge in [0, 0.05) is 10.5 Å². The molecule has 5 nitrogen and oxygen atoms in total. The van der Waals surface area contributed by atoms with Gasteiger partial charge in [0.2, 0.25) is 0 Å². The molecule has 0 bridgehead atoms. The Morgan fingerprint density at radius 1 is 1.32 bits per heavy atom. The fourth-order valence-electron chi connectivity index (χ4n) is 1.35. The molecule has 1 heterocycles. The number of anilines is 1. The van der Waals surface area contributed by atoms with Gasteiger partial charge in [-0.3, -0.25) is 4.79 Å². The average Bonchev–Trinajstić information content (AvgIpc) is 2.42. The summed E-state index contributed by atoms with van der Waals surface area (Å²) in [5.41, 5.74) is 0.764. The van der Waals surface area contributed by atoms with Crippen LogP contribution in [-0.2, 0) is 0 Å². The van der Waals surface area contributed by atoms with Crippen LogP contribution in [0.5, 0.6) is 5.75 Å². The second-order valence-electron chi connectivity index (χ2n) is 3.54. The van der Waals surface area contributed by atoms with Crippen molar-refractivity contribution in [1.82, 2.24) is 10.2 Å². The van der Waals surface area contributed by atoms with Crippen molar-refractivity contribution in [3.63, 3.8) is 0 Å². The molecule has 0 aliphatic rings. The Morgan fingerprint density at radius 2 is 2.11 bits per heavy atom. The summed E-state index contributed by atoms with van der Waals surface area (Å²) in [6, 6.07) is 8.26. The molecule has 0 radical (unpaired) electrons. The van der Waals surface area contributed by atoms with Crippen LogP contribution in [0.1, 0.15) is 10.5 Å². The molecule has 0 unspecified atom stereocenters. The molecule has 2 aromatic rings. The Labute approximate surface area is 123 Å². The van der Waals surface area contributed by atoms with E-state index in [0.29, 0.717) is 11.4 Å². The van der Waals surface area contributed by atoms with E-state index in [0.717, 1.165) is 4.47 Å². The number of methoxy groups -OCH3 is 1. The van der Waals surface area contributed by atoms with E-state index < -0.39 is 0 Å². The lowest BCUT2D eigenvalue weighted by Crippen LogP contribution is -2.14. The molecule has 0 aliphatic carbocycles. The standard InChI is InChI=1S/C12H9BrClN3O2/c1-19-7-2-3-8(13)10(6-7)15-12(18)9-4-5-11(14)17-16-9/h2-6H,1H3,(H,15,18). The molecule has 1 amide bonds. The minimum Gasteiger partial charge on any atom is -0.497 e. The summed E-state index contributed by atoms with van der Waals surface area (Å²) in [7, 11) is 1.56. The van der Waals surface area contributed by atoms with Crippen LogP contribution in [0, 0.1) is 0 Å². The summed E-state index contributed by atoms with van der Waals surface area (Å²) in [5, 5.41) is 10.3. The first-order chi connectivity index (χ1) is 9.10. The normalized spacial score (nSPS) is 10.1. The zero-order valence-electron chi connectivity index (χ0n) is 9.85. The number of rotatable bonds is 3. The molecule has 19 heavy (non-hydrogen) atoms. The van der Waals surface area contributed by atoms with Crippen molar-refractivity contribution in [2.45, 2.75) is 0 Å². The number of nitrogens with one attached hydrogen (secondary N) is 1. The first kappa shape index (κ1) is 13.8. The van der Waals surface area contributed by atoms with Gasteiger partial charge < -0.3 is 10.1 Å². The quantitative estimate of drug-likeness (QED) is 0.930. The number of carbonyl (C=O) groups is 1. The van der Waals surface area contributed by atoms with Crippen LogP contribution in [0.15, 0.2) is 34.8 Å². The Kier molecular flexibility index (Phi) is 4.34. The number of aromatic nitrogens is 2. The van der Waals surface area contributed by atoms with Gasteiger partial charge in [0.1, 0.15) is 5.75 Å². The van der Waals surface area contributed by atoms with Gasteiger partial charge >= 0.3 is 0 Å². The predicted molar refractivity (Wildman–Crippen MR) is 75.7 cm³/mol. The van der Waals surface area contributed by atoms with Crippen molar-refractivity contribution in [3.8, 4) is 5.75 Å². The van der Waals surface area contributed by atoms with E-state index in [-0.39, 0.29) is 16.8 Å². The molecule has 0 spiro atoms. The zero-order valence-corrected chi connectivity index (χ0v) is 12.2. The van der Waals surface area contributed by atoms with Gasteiger partial charge in [-0.15, -0.1) is 10.2 Å². The Bertz CT molecular complexity index is 604. The number of hydrogen-bond acceptors (Lipinski definition) is 4. The van der Waals surface area contributed by atoms with E-state index >= 15 is 0 Å². The van der Waals surface area contributed by atoms with E-state index in [9.17, 15) is 4.79 Å². The third-order valence-electron chi connectivity index (χ3n) is 2.29. The lowest BCUT2D eigenvalue weighted by molar-refractivity contribution is 0.102. The van der Waals surface area contributed by atoms with Crippen LogP contribution in [0.2, 0.25) is 5.15 Å². The topological polar surface area (TPSA) is 64.1 Å². The van der Waals surface area contributed by atoms with Crippen LogP contribution in [0.4, 0.5) is 5.69 Å². The lowest BCUT2D eigenvalue weighted by Gasteiger charge is -2.08. The van der Waals surface area contributed by atoms with E-state index in [1.54, 1.807) is 25.3 Å². The fraction of sp³-hybridized carbons (Fsp3) is 0.0833. The summed E-state index contributed by atoms with van der Waals surface area (Å²) in [6.45, 7) is 0. The maximum atomic E-state index is 12.0. The monoisotopic (exact) mass is 341 g/mol. The number of nitrogens with zero attached hydrogens (tertiary/aromatic N) is 2. The van der Waals surface area contributed by atoms with E-state index in [1.165, 1.54) is 12.1 Å². The minimum atomic E-state index is -0.377. The van der Waals surface area contributed by atoms with Gasteiger partial charge in [-0.05, 0) is 40.2 Å². The third kappa shape index (κ3) is 3.42.